The third-order valence-corrected chi connectivity index (χ3v) is 4.26. The van der Waals surface area contributed by atoms with Gasteiger partial charge in [-0.2, -0.15) is 0 Å². The van der Waals surface area contributed by atoms with Gasteiger partial charge < -0.3 is 9.88 Å². The van der Waals surface area contributed by atoms with Gasteiger partial charge in [-0.15, -0.1) is 0 Å². The number of piperidine rings is 1. The zero-order valence-corrected chi connectivity index (χ0v) is 10.7. The van der Waals surface area contributed by atoms with Crippen LogP contribution in [0.4, 0.5) is 0 Å². The highest BCUT2D eigenvalue weighted by Crippen LogP contribution is 2.13. The Bertz CT molecular complexity index is 577. The van der Waals surface area contributed by atoms with Gasteiger partial charge in [-0.05, 0) is 38.1 Å². The quantitative estimate of drug-likeness (QED) is 0.826. The van der Waals surface area contributed by atoms with Crippen molar-refractivity contribution >= 4 is 21.7 Å². The number of hydrogen-bond donors (Lipinski definition) is 1. The van der Waals surface area contributed by atoms with Crippen LogP contribution >= 0.6 is 11.3 Å². The van der Waals surface area contributed by atoms with Crippen LogP contribution in [0.5, 0.6) is 0 Å². The molecule has 1 saturated heterocycles. The van der Waals surface area contributed by atoms with E-state index in [2.05, 4.69) is 28.0 Å². The molecule has 2 aromatic rings. The Morgan fingerprint density at radius 1 is 1.47 bits per heavy atom. The third-order valence-electron chi connectivity index (χ3n) is 3.19. The molecule has 1 fully saturated rings. The molecule has 3 rings (SSSR count). The van der Waals surface area contributed by atoms with Gasteiger partial charge in [-0.3, -0.25) is 4.99 Å². The second kappa shape index (κ2) is 4.58. The fourth-order valence-corrected chi connectivity index (χ4v) is 3.21. The maximum absolute atomic E-state index is 4.86. The van der Waals surface area contributed by atoms with Gasteiger partial charge in [0.25, 0.3) is 0 Å². The van der Waals surface area contributed by atoms with Crippen molar-refractivity contribution in [1.29, 1.82) is 0 Å². The highest BCUT2D eigenvalue weighted by Gasteiger charge is 2.12. The molecule has 1 aliphatic rings. The molecule has 1 N–H and O–H groups in total. The van der Waals surface area contributed by atoms with Crippen molar-refractivity contribution in [2.45, 2.75) is 18.9 Å². The topological polar surface area (TPSA) is 42.2 Å². The summed E-state index contributed by atoms with van der Waals surface area (Å²) >= 11 is 1.68. The molecule has 0 radical (unpaired) electrons. The van der Waals surface area contributed by atoms with Crippen LogP contribution in [0.15, 0.2) is 23.3 Å². The van der Waals surface area contributed by atoms with Crippen LogP contribution in [-0.2, 0) is 7.05 Å². The molecule has 2 aromatic heterocycles. The van der Waals surface area contributed by atoms with Crippen molar-refractivity contribution in [3.8, 4) is 0 Å². The van der Waals surface area contributed by atoms with Crippen molar-refractivity contribution in [2.24, 2.45) is 12.0 Å². The van der Waals surface area contributed by atoms with Gasteiger partial charge >= 0.3 is 0 Å². The lowest BCUT2D eigenvalue weighted by atomic mass is 10.1. The van der Waals surface area contributed by atoms with Gasteiger partial charge in [0, 0.05) is 13.2 Å². The van der Waals surface area contributed by atoms with Gasteiger partial charge in [-0.1, -0.05) is 11.3 Å². The van der Waals surface area contributed by atoms with E-state index >= 15 is 0 Å². The first-order chi connectivity index (χ1) is 8.34. The molecule has 0 unspecified atom stereocenters. The molecule has 0 spiro atoms. The minimum Gasteiger partial charge on any atom is -0.318 e. The molecular formula is C12H16N4S. The lowest BCUT2D eigenvalue weighted by Gasteiger charge is -2.18. The minimum absolute atomic E-state index is 0.468. The summed E-state index contributed by atoms with van der Waals surface area (Å²) in [4.78, 5) is 11.4. The first-order valence-electron chi connectivity index (χ1n) is 6.00. The zero-order chi connectivity index (χ0) is 11.7. The van der Waals surface area contributed by atoms with Crippen molar-refractivity contribution in [1.82, 2.24) is 14.9 Å². The van der Waals surface area contributed by atoms with E-state index in [1.807, 2.05) is 12.3 Å². The zero-order valence-electron chi connectivity index (χ0n) is 9.89. The lowest BCUT2D eigenvalue weighted by molar-refractivity contribution is 0.452. The van der Waals surface area contributed by atoms with Crippen molar-refractivity contribution in [2.75, 3.05) is 13.1 Å². The van der Waals surface area contributed by atoms with Crippen molar-refractivity contribution in [3.63, 3.8) is 0 Å². The van der Waals surface area contributed by atoms with E-state index in [-0.39, 0.29) is 0 Å². The molecule has 0 atom stereocenters. The number of hydrogen-bond acceptors (Lipinski definition) is 4. The molecule has 90 valence electrons. The number of nitrogens with one attached hydrogen (secondary N) is 1. The van der Waals surface area contributed by atoms with Gasteiger partial charge in [0.15, 0.2) is 4.80 Å². The van der Waals surface area contributed by atoms with E-state index < -0.39 is 0 Å². The number of aryl methyl sites for hydroxylation is 1. The molecule has 17 heavy (non-hydrogen) atoms. The molecule has 0 aliphatic carbocycles. The van der Waals surface area contributed by atoms with Crippen LogP contribution < -0.4 is 10.1 Å². The predicted octanol–water partition coefficient (Wildman–Crippen LogP) is 1.29. The number of rotatable bonds is 1. The number of fused-ring (bicyclic) bond motifs is 1. The van der Waals surface area contributed by atoms with Gasteiger partial charge in [0.2, 0.25) is 0 Å². The molecule has 3 heterocycles. The monoisotopic (exact) mass is 248 g/mol. The van der Waals surface area contributed by atoms with E-state index in [9.17, 15) is 0 Å². The van der Waals surface area contributed by atoms with Crippen LogP contribution in [0, 0.1) is 0 Å². The molecule has 5 heteroatoms. The summed E-state index contributed by atoms with van der Waals surface area (Å²) in [7, 11) is 2.07. The molecule has 0 bridgehead atoms. The molecular weight excluding hydrogens is 232 g/mol. The van der Waals surface area contributed by atoms with E-state index in [0.717, 1.165) is 35.6 Å². The maximum atomic E-state index is 4.86. The Labute approximate surface area is 104 Å². The normalized spacial score (nSPS) is 19.0. The Balaban J connectivity index is 2.04. The average Bonchev–Trinajstić information content (AvgIpc) is 2.68. The minimum atomic E-state index is 0.468. The Morgan fingerprint density at radius 3 is 3.06 bits per heavy atom. The third kappa shape index (κ3) is 2.12. The molecule has 0 amide bonds. The van der Waals surface area contributed by atoms with E-state index in [0.29, 0.717) is 6.04 Å². The Hall–Kier alpha value is -1.20. The number of aromatic nitrogens is 2. The molecule has 0 aromatic carbocycles. The van der Waals surface area contributed by atoms with Crippen LogP contribution in [0.3, 0.4) is 0 Å². The first kappa shape index (κ1) is 10.9. The standard InChI is InChI=1S/C12H16N4S/c1-16-10-3-2-6-14-11(10)17-12(16)15-9-4-7-13-8-5-9/h2-3,6,9,13H,4-5,7-8H2,1H3/b15-12+. The van der Waals surface area contributed by atoms with Crippen LogP contribution in [0.2, 0.25) is 0 Å². The van der Waals surface area contributed by atoms with Crippen molar-refractivity contribution < 1.29 is 0 Å². The SMILES string of the molecule is Cn1/c(=N\C2CCNCC2)sc2ncccc21. The highest BCUT2D eigenvalue weighted by atomic mass is 32.1. The molecule has 4 nitrogen and oxygen atoms in total. The molecule has 1 aliphatic heterocycles. The predicted molar refractivity (Wildman–Crippen MR) is 70.0 cm³/mol. The summed E-state index contributed by atoms with van der Waals surface area (Å²) in [6.45, 7) is 2.17. The van der Waals surface area contributed by atoms with E-state index in [4.69, 9.17) is 4.99 Å². The largest absolute Gasteiger partial charge is 0.318 e. The van der Waals surface area contributed by atoms with Gasteiger partial charge in [-0.25, -0.2) is 4.98 Å². The summed E-state index contributed by atoms with van der Waals surface area (Å²) in [6, 6.07) is 4.54. The number of nitrogens with zero attached hydrogens (tertiary/aromatic N) is 3. The maximum Gasteiger partial charge on any atom is 0.187 e. The summed E-state index contributed by atoms with van der Waals surface area (Å²) in [5.74, 6) is 0. The molecule has 0 saturated carbocycles. The summed E-state index contributed by atoms with van der Waals surface area (Å²) < 4.78 is 2.15. The van der Waals surface area contributed by atoms with Crippen LogP contribution in [0.1, 0.15) is 12.8 Å². The first-order valence-corrected chi connectivity index (χ1v) is 6.81. The average molecular weight is 248 g/mol. The van der Waals surface area contributed by atoms with E-state index in [1.165, 1.54) is 5.52 Å². The van der Waals surface area contributed by atoms with E-state index in [1.54, 1.807) is 11.3 Å². The van der Waals surface area contributed by atoms with Gasteiger partial charge in [0.1, 0.15) is 4.83 Å². The summed E-state index contributed by atoms with van der Waals surface area (Å²) in [5, 5.41) is 3.37. The Kier molecular flexibility index (Phi) is 2.94. The number of thiazole rings is 1. The fraction of sp³-hybridized carbons (Fsp3) is 0.500. The van der Waals surface area contributed by atoms with Crippen LogP contribution in [0.25, 0.3) is 10.3 Å². The summed E-state index contributed by atoms with van der Waals surface area (Å²) in [6.07, 6.45) is 4.12. The van der Waals surface area contributed by atoms with Crippen LogP contribution in [-0.4, -0.2) is 28.7 Å². The smallest absolute Gasteiger partial charge is 0.187 e. The fourth-order valence-electron chi connectivity index (χ4n) is 2.18. The Morgan fingerprint density at radius 2 is 2.29 bits per heavy atom. The van der Waals surface area contributed by atoms with Gasteiger partial charge in [0.05, 0.1) is 11.6 Å². The summed E-state index contributed by atoms with van der Waals surface area (Å²) in [5.41, 5.74) is 1.17. The lowest BCUT2D eigenvalue weighted by Crippen LogP contribution is -2.31. The number of pyridine rings is 1. The van der Waals surface area contributed by atoms with Crippen molar-refractivity contribution in [3.05, 3.63) is 23.1 Å². The second-order valence-electron chi connectivity index (χ2n) is 4.38. The highest BCUT2D eigenvalue weighted by molar-refractivity contribution is 7.15. The second-order valence-corrected chi connectivity index (χ2v) is 5.34.